The molecule has 1 aromatic carbocycles. The van der Waals surface area contributed by atoms with Crippen LogP contribution in [0.2, 0.25) is 0 Å². The van der Waals surface area contributed by atoms with Crippen molar-refractivity contribution in [3.05, 3.63) is 48.2 Å². The van der Waals surface area contributed by atoms with Gasteiger partial charge in [0.05, 0.1) is 6.04 Å². The Morgan fingerprint density at radius 2 is 2.10 bits per heavy atom. The van der Waals surface area contributed by atoms with E-state index in [1.54, 1.807) is 6.20 Å². The average molecular weight is 283 g/mol. The summed E-state index contributed by atoms with van der Waals surface area (Å²) in [6.45, 7) is 3.94. The fourth-order valence-electron chi connectivity index (χ4n) is 2.61. The smallest absolute Gasteiger partial charge is 0.225 e. The number of aromatic nitrogens is 2. The van der Waals surface area contributed by atoms with Gasteiger partial charge in [-0.2, -0.15) is 4.98 Å². The zero-order valence-corrected chi connectivity index (χ0v) is 12.2. The second-order valence-corrected chi connectivity index (χ2v) is 5.51. The van der Waals surface area contributed by atoms with Crippen LogP contribution >= 0.6 is 0 Å². The zero-order valence-electron chi connectivity index (χ0n) is 12.2. The van der Waals surface area contributed by atoms with Crippen molar-refractivity contribution in [3.63, 3.8) is 0 Å². The second kappa shape index (κ2) is 6.10. The number of benzene rings is 1. The Morgan fingerprint density at radius 3 is 2.81 bits per heavy atom. The first kappa shape index (κ1) is 13.8. The van der Waals surface area contributed by atoms with Crippen LogP contribution in [-0.2, 0) is 0 Å². The fourth-order valence-corrected chi connectivity index (χ4v) is 2.61. The van der Waals surface area contributed by atoms with Crippen LogP contribution in [0.3, 0.4) is 0 Å². The van der Waals surface area contributed by atoms with Crippen LogP contribution in [0.4, 0.5) is 11.8 Å². The van der Waals surface area contributed by atoms with Crippen molar-refractivity contribution in [2.24, 2.45) is 5.73 Å². The molecule has 21 heavy (non-hydrogen) atoms. The molecular formula is C16H21N5. The molecule has 5 nitrogen and oxygen atoms in total. The van der Waals surface area contributed by atoms with Gasteiger partial charge in [0.25, 0.3) is 0 Å². The van der Waals surface area contributed by atoms with Crippen molar-refractivity contribution in [1.29, 1.82) is 0 Å². The lowest BCUT2D eigenvalue weighted by Crippen LogP contribution is -2.27. The molecule has 0 spiro atoms. The first-order valence-electron chi connectivity index (χ1n) is 7.37. The number of hydrogen-bond acceptors (Lipinski definition) is 5. The molecule has 3 rings (SSSR count). The molecule has 0 saturated carbocycles. The molecule has 0 radical (unpaired) electrons. The van der Waals surface area contributed by atoms with Gasteiger partial charge < -0.3 is 16.0 Å². The molecule has 2 atom stereocenters. The van der Waals surface area contributed by atoms with Gasteiger partial charge in [-0.05, 0) is 25.0 Å². The summed E-state index contributed by atoms with van der Waals surface area (Å²) in [6.07, 6.45) is 2.82. The maximum absolute atomic E-state index is 5.96. The van der Waals surface area contributed by atoms with E-state index in [1.807, 2.05) is 24.3 Å². The Bertz CT molecular complexity index is 586. The molecule has 0 unspecified atom stereocenters. The van der Waals surface area contributed by atoms with Crippen LogP contribution in [0, 0.1) is 0 Å². The van der Waals surface area contributed by atoms with Gasteiger partial charge in [0.2, 0.25) is 5.95 Å². The summed E-state index contributed by atoms with van der Waals surface area (Å²) in [5, 5.41) is 3.35. The molecule has 110 valence electrons. The van der Waals surface area contributed by atoms with E-state index in [4.69, 9.17) is 5.73 Å². The Labute approximate surface area is 125 Å². The monoisotopic (exact) mass is 283 g/mol. The van der Waals surface area contributed by atoms with E-state index in [-0.39, 0.29) is 12.1 Å². The number of rotatable bonds is 4. The van der Waals surface area contributed by atoms with Gasteiger partial charge in [0.15, 0.2) is 0 Å². The van der Waals surface area contributed by atoms with Crippen LogP contribution in [-0.4, -0.2) is 29.1 Å². The molecule has 0 aliphatic carbocycles. The van der Waals surface area contributed by atoms with Gasteiger partial charge in [-0.3, -0.25) is 0 Å². The van der Waals surface area contributed by atoms with Crippen LogP contribution in [0.5, 0.6) is 0 Å². The van der Waals surface area contributed by atoms with Crippen LogP contribution < -0.4 is 16.0 Å². The molecule has 1 fully saturated rings. The van der Waals surface area contributed by atoms with Crippen molar-refractivity contribution < 1.29 is 0 Å². The summed E-state index contributed by atoms with van der Waals surface area (Å²) in [6, 6.07) is 12.6. The predicted molar refractivity (Wildman–Crippen MR) is 85.3 cm³/mol. The van der Waals surface area contributed by atoms with Gasteiger partial charge in [-0.25, -0.2) is 4.98 Å². The van der Waals surface area contributed by atoms with Crippen LogP contribution in [0.25, 0.3) is 0 Å². The highest BCUT2D eigenvalue weighted by Gasteiger charge is 2.20. The van der Waals surface area contributed by atoms with Gasteiger partial charge in [-0.15, -0.1) is 0 Å². The van der Waals surface area contributed by atoms with E-state index in [0.717, 1.165) is 25.3 Å². The summed E-state index contributed by atoms with van der Waals surface area (Å²) in [7, 11) is 0. The molecule has 1 aliphatic rings. The van der Waals surface area contributed by atoms with Crippen LogP contribution in [0.1, 0.15) is 24.9 Å². The van der Waals surface area contributed by atoms with Crippen molar-refractivity contribution in [3.8, 4) is 0 Å². The molecule has 5 heteroatoms. The van der Waals surface area contributed by atoms with Crippen molar-refractivity contribution in [2.45, 2.75) is 25.4 Å². The topological polar surface area (TPSA) is 67.1 Å². The summed E-state index contributed by atoms with van der Waals surface area (Å²) in [4.78, 5) is 11.1. The molecule has 1 saturated heterocycles. The fraction of sp³-hybridized carbons (Fsp3) is 0.375. The minimum atomic E-state index is 0.169. The third-order valence-corrected chi connectivity index (χ3v) is 3.83. The highest BCUT2D eigenvalue weighted by atomic mass is 15.2. The SMILES string of the molecule is C[C@@H](Nc1nccc(N2CC[C@@H](N)C2)n1)c1ccccc1. The molecule has 2 aromatic rings. The predicted octanol–water partition coefficient (Wildman–Crippen LogP) is 2.19. The Hall–Kier alpha value is -2.14. The Morgan fingerprint density at radius 1 is 1.29 bits per heavy atom. The molecule has 0 amide bonds. The molecule has 3 N–H and O–H groups in total. The normalized spacial score (nSPS) is 19.5. The lowest BCUT2D eigenvalue weighted by molar-refractivity contribution is 0.751. The number of nitrogens with two attached hydrogens (primary N) is 1. The van der Waals surface area contributed by atoms with E-state index < -0.39 is 0 Å². The number of anilines is 2. The Balaban J connectivity index is 1.71. The largest absolute Gasteiger partial charge is 0.355 e. The summed E-state index contributed by atoms with van der Waals surface area (Å²) < 4.78 is 0. The van der Waals surface area contributed by atoms with Crippen molar-refractivity contribution in [2.75, 3.05) is 23.3 Å². The lowest BCUT2D eigenvalue weighted by atomic mass is 10.1. The van der Waals surface area contributed by atoms with E-state index >= 15 is 0 Å². The maximum Gasteiger partial charge on any atom is 0.225 e. The van der Waals surface area contributed by atoms with E-state index in [1.165, 1.54) is 5.56 Å². The highest BCUT2D eigenvalue weighted by molar-refractivity contribution is 5.44. The van der Waals surface area contributed by atoms with Gasteiger partial charge >= 0.3 is 0 Å². The molecule has 1 aromatic heterocycles. The zero-order chi connectivity index (χ0) is 14.7. The minimum absolute atomic E-state index is 0.169. The average Bonchev–Trinajstić information content (AvgIpc) is 2.95. The minimum Gasteiger partial charge on any atom is -0.355 e. The van der Waals surface area contributed by atoms with E-state index in [9.17, 15) is 0 Å². The summed E-state index contributed by atoms with van der Waals surface area (Å²) in [5.74, 6) is 1.60. The maximum atomic E-state index is 5.96. The first-order valence-corrected chi connectivity index (χ1v) is 7.37. The van der Waals surface area contributed by atoms with Gasteiger partial charge in [-0.1, -0.05) is 30.3 Å². The van der Waals surface area contributed by atoms with E-state index in [0.29, 0.717) is 5.95 Å². The summed E-state index contributed by atoms with van der Waals surface area (Å²) in [5.41, 5.74) is 7.17. The Kier molecular flexibility index (Phi) is 4.01. The number of nitrogens with zero attached hydrogens (tertiary/aromatic N) is 3. The van der Waals surface area contributed by atoms with Gasteiger partial charge in [0, 0.05) is 25.3 Å². The first-order chi connectivity index (χ1) is 10.2. The summed E-state index contributed by atoms with van der Waals surface area (Å²) >= 11 is 0. The van der Waals surface area contributed by atoms with E-state index in [2.05, 4.69) is 39.2 Å². The molecule has 0 bridgehead atoms. The highest BCUT2D eigenvalue weighted by Crippen LogP contribution is 2.20. The standard InChI is InChI=1S/C16H21N5/c1-12(13-5-3-2-4-6-13)19-16-18-9-7-15(20-16)21-10-8-14(17)11-21/h2-7,9,12,14H,8,10-11,17H2,1H3,(H,18,19,20)/t12-,14-/m1/s1. The lowest BCUT2D eigenvalue weighted by Gasteiger charge is -2.19. The van der Waals surface area contributed by atoms with Crippen molar-refractivity contribution >= 4 is 11.8 Å². The van der Waals surface area contributed by atoms with Crippen LogP contribution in [0.15, 0.2) is 42.6 Å². The number of nitrogens with one attached hydrogen (secondary N) is 1. The third kappa shape index (κ3) is 3.31. The van der Waals surface area contributed by atoms with Crippen molar-refractivity contribution in [1.82, 2.24) is 9.97 Å². The molecular weight excluding hydrogens is 262 g/mol. The molecule has 2 heterocycles. The quantitative estimate of drug-likeness (QED) is 0.900. The number of hydrogen-bond donors (Lipinski definition) is 2. The second-order valence-electron chi connectivity index (χ2n) is 5.51. The third-order valence-electron chi connectivity index (χ3n) is 3.83. The molecule has 1 aliphatic heterocycles. The van der Waals surface area contributed by atoms with Gasteiger partial charge in [0.1, 0.15) is 5.82 Å².